The Morgan fingerprint density at radius 1 is 1.36 bits per heavy atom. The van der Waals surface area contributed by atoms with Gasteiger partial charge in [0, 0.05) is 6.20 Å². The van der Waals surface area contributed by atoms with Crippen molar-refractivity contribution >= 4 is 17.5 Å². The summed E-state index contributed by atoms with van der Waals surface area (Å²) in [7, 11) is 0. The standard InChI is InChI=1S/C6H6N4O/c11-6-8-5-4(9-10-6)2-1-3-7-5/h1-3,9H,(H2,7,8,10,11). The van der Waals surface area contributed by atoms with Crippen LogP contribution in [0.3, 0.4) is 0 Å². The summed E-state index contributed by atoms with van der Waals surface area (Å²) in [6.45, 7) is 0. The first-order chi connectivity index (χ1) is 5.36. The molecule has 5 nitrogen and oxygen atoms in total. The lowest BCUT2D eigenvalue weighted by atomic mass is 10.4. The van der Waals surface area contributed by atoms with Crippen LogP contribution in [0.15, 0.2) is 23.3 Å². The fraction of sp³-hybridized carbons (Fsp3) is 0. The van der Waals surface area contributed by atoms with Crippen molar-refractivity contribution in [3.8, 4) is 0 Å². The summed E-state index contributed by atoms with van der Waals surface area (Å²) < 4.78 is 0. The van der Waals surface area contributed by atoms with Gasteiger partial charge in [-0.2, -0.15) is 4.99 Å². The van der Waals surface area contributed by atoms with E-state index < -0.39 is 0 Å². The Morgan fingerprint density at radius 3 is 3.18 bits per heavy atom. The van der Waals surface area contributed by atoms with E-state index in [9.17, 15) is 0 Å². The van der Waals surface area contributed by atoms with Crippen LogP contribution < -0.4 is 10.9 Å². The highest BCUT2D eigenvalue weighted by Crippen LogP contribution is 2.21. The summed E-state index contributed by atoms with van der Waals surface area (Å²) in [4.78, 5) is 7.65. The summed E-state index contributed by atoms with van der Waals surface area (Å²) >= 11 is 0. The fourth-order valence-corrected chi connectivity index (χ4v) is 0.835. The molecule has 0 spiro atoms. The molecular formula is C6H6N4O. The van der Waals surface area contributed by atoms with E-state index in [2.05, 4.69) is 20.8 Å². The highest BCUT2D eigenvalue weighted by molar-refractivity contribution is 5.82. The van der Waals surface area contributed by atoms with Crippen molar-refractivity contribution in [1.82, 2.24) is 10.4 Å². The minimum Gasteiger partial charge on any atom is -0.479 e. The van der Waals surface area contributed by atoms with E-state index in [4.69, 9.17) is 5.11 Å². The maximum Gasteiger partial charge on any atom is 0.308 e. The number of amidine groups is 1. The Labute approximate surface area is 62.8 Å². The van der Waals surface area contributed by atoms with Gasteiger partial charge in [-0.05, 0) is 12.1 Å². The molecule has 1 aliphatic heterocycles. The largest absolute Gasteiger partial charge is 0.479 e. The van der Waals surface area contributed by atoms with E-state index in [0.29, 0.717) is 5.82 Å². The number of aromatic nitrogens is 1. The Bertz CT molecular complexity index is 309. The topological polar surface area (TPSA) is 69.5 Å². The van der Waals surface area contributed by atoms with E-state index in [1.165, 1.54) is 0 Å². The van der Waals surface area contributed by atoms with Gasteiger partial charge in [0.05, 0.1) is 5.69 Å². The van der Waals surface area contributed by atoms with Crippen LogP contribution in [-0.4, -0.2) is 16.1 Å². The molecule has 0 amide bonds. The van der Waals surface area contributed by atoms with Crippen molar-refractivity contribution in [3.63, 3.8) is 0 Å². The summed E-state index contributed by atoms with van der Waals surface area (Å²) in [6.07, 6.45) is 1.61. The molecule has 3 N–H and O–H groups in total. The fourth-order valence-electron chi connectivity index (χ4n) is 0.835. The SMILES string of the molecule is OC1=Nc2ncccc2NN1. The van der Waals surface area contributed by atoms with Crippen molar-refractivity contribution in [2.24, 2.45) is 4.99 Å². The number of fused-ring (bicyclic) bond motifs is 1. The maximum atomic E-state index is 8.89. The number of nitrogens with one attached hydrogen (secondary N) is 2. The van der Waals surface area contributed by atoms with Crippen LogP contribution in [0.2, 0.25) is 0 Å². The molecule has 5 heteroatoms. The predicted octanol–water partition coefficient (Wildman–Crippen LogP) is 0.557. The number of nitrogens with zero attached hydrogens (tertiary/aromatic N) is 2. The molecule has 0 bridgehead atoms. The van der Waals surface area contributed by atoms with Crippen LogP contribution in [-0.2, 0) is 0 Å². The zero-order valence-corrected chi connectivity index (χ0v) is 5.57. The molecule has 2 rings (SSSR count). The number of hydrogen-bond donors (Lipinski definition) is 3. The Balaban J connectivity index is 2.51. The summed E-state index contributed by atoms with van der Waals surface area (Å²) in [6, 6.07) is 3.42. The van der Waals surface area contributed by atoms with E-state index >= 15 is 0 Å². The summed E-state index contributed by atoms with van der Waals surface area (Å²) in [5.41, 5.74) is 5.93. The van der Waals surface area contributed by atoms with Gasteiger partial charge in [0.25, 0.3) is 0 Å². The lowest BCUT2D eigenvalue weighted by Gasteiger charge is -2.13. The van der Waals surface area contributed by atoms with Crippen molar-refractivity contribution < 1.29 is 5.11 Å². The van der Waals surface area contributed by atoms with E-state index in [1.807, 2.05) is 6.07 Å². The third-order valence-corrected chi connectivity index (χ3v) is 1.31. The van der Waals surface area contributed by atoms with E-state index in [-0.39, 0.29) is 6.02 Å². The minimum atomic E-state index is -0.170. The van der Waals surface area contributed by atoms with Crippen molar-refractivity contribution in [1.29, 1.82) is 0 Å². The first kappa shape index (κ1) is 5.96. The van der Waals surface area contributed by atoms with Gasteiger partial charge in [-0.15, -0.1) is 0 Å². The first-order valence-corrected chi connectivity index (χ1v) is 3.11. The number of anilines is 1. The Kier molecular flexibility index (Phi) is 1.15. The van der Waals surface area contributed by atoms with Crippen molar-refractivity contribution in [3.05, 3.63) is 18.3 Å². The Hall–Kier alpha value is -1.78. The molecule has 0 atom stereocenters. The van der Waals surface area contributed by atoms with Crippen LogP contribution in [0.25, 0.3) is 0 Å². The number of pyridine rings is 1. The molecule has 11 heavy (non-hydrogen) atoms. The van der Waals surface area contributed by atoms with Gasteiger partial charge >= 0.3 is 6.02 Å². The predicted molar refractivity (Wildman–Crippen MR) is 40.7 cm³/mol. The van der Waals surface area contributed by atoms with Crippen LogP contribution in [0.5, 0.6) is 0 Å². The molecule has 1 aliphatic rings. The molecule has 1 aromatic rings. The van der Waals surface area contributed by atoms with Gasteiger partial charge in [0.2, 0.25) is 0 Å². The second-order valence-electron chi connectivity index (χ2n) is 2.06. The second kappa shape index (κ2) is 2.12. The second-order valence-corrected chi connectivity index (χ2v) is 2.06. The van der Waals surface area contributed by atoms with Gasteiger partial charge in [-0.1, -0.05) is 0 Å². The zero-order valence-electron chi connectivity index (χ0n) is 5.57. The van der Waals surface area contributed by atoms with Gasteiger partial charge in [0.15, 0.2) is 5.82 Å². The highest BCUT2D eigenvalue weighted by Gasteiger charge is 2.08. The van der Waals surface area contributed by atoms with Crippen LogP contribution in [0, 0.1) is 0 Å². The number of aliphatic hydroxyl groups is 1. The van der Waals surface area contributed by atoms with Crippen LogP contribution >= 0.6 is 0 Å². The van der Waals surface area contributed by atoms with Crippen LogP contribution in [0.1, 0.15) is 0 Å². The molecule has 0 saturated heterocycles. The quantitative estimate of drug-likeness (QED) is 0.505. The van der Waals surface area contributed by atoms with Gasteiger partial charge in [-0.3, -0.25) is 10.9 Å². The molecule has 0 aliphatic carbocycles. The molecule has 0 saturated carbocycles. The van der Waals surface area contributed by atoms with Crippen molar-refractivity contribution in [2.75, 3.05) is 5.43 Å². The molecule has 2 heterocycles. The van der Waals surface area contributed by atoms with Gasteiger partial charge in [0.1, 0.15) is 0 Å². The van der Waals surface area contributed by atoms with Crippen molar-refractivity contribution in [2.45, 2.75) is 0 Å². The lowest BCUT2D eigenvalue weighted by Crippen LogP contribution is -2.31. The Morgan fingerprint density at radius 2 is 2.27 bits per heavy atom. The maximum absolute atomic E-state index is 8.89. The monoisotopic (exact) mass is 150 g/mol. The molecule has 56 valence electrons. The number of aliphatic hydroxyl groups excluding tert-OH is 1. The third-order valence-electron chi connectivity index (χ3n) is 1.31. The smallest absolute Gasteiger partial charge is 0.308 e. The van der Waals surface area contributed by atoms with E-state index in [1.54, 1.807) is 12.3 Å². The van der Waals surface area contributed by atoms with Gasteiger partial charge in [-0.25, -0.2) is 4.98 Å². The normalized spacial score (nSPS) is 14.0. The molecule has 0 unspecified atom stereocenters. The zero-order chi connectivity index (χ0) is 7.68. The number of hydrazine groups is 1. The molecule has 1 aromatic heterocycles. The number of rotatable bonds is 0. The average molecular weight is 150 g/mol. The first-order valence-electron chi connectivity index (χ1n) is 3.11. The molecule has 0 radical (unpaired) electrons. The van der Waals surface area contributed by atoms with Gasteiger partial charge < -0.3 is 5.11 Å². The molecule has 0 aromatic carbocycles. The van der Waals surface area contributed by atoms with Crippen LogP contribution in [0.4, 0.5) is 11.5 Å². The van der Waals surface area contributed by atoms with E-state index in [0.717, 1.165) is 5.69 Å². The number of aliphatic imine (C=N–C) groups is 1. The minimum absolute atomic E-state index is 0.170. The molecule has 0 fully saturated rings. The third kappa shape index (κ3) is 0.958. The molecular weight excluding hydrogens is 144 g/mol. The number of hydrogen-bond acceptors (Lipinski definition) is 4. The lowest BCUT2D eigenvalue weighted by molar-refractivity contribution is 0.521. The highest BCUT2D eigenvalue weighted by atomic mass is 16.3. The summed E-state index contributed by atoms with van der Waals surface area (Å²) in [5.74, 6) is 0.490. The average Bonchev–Trinajstić information content (AvgIpc) is 2.04. The summed E-state index contributed by atoms with van der Waals surface area (Å²) in [5, 5.41) is 8.89.